The van der Waals surface area contributed by atoms with Gasteiger partial charge in [0.2, 0.25) is 11.0 Å². The third kappa shape index (κ3) is 4.51. The zero-order valence-corrected chi connectivity index (χ0v) is 14.2. The van der Waals surface area contributed by atoms with Crippen LogP contribution in [0.25, 0.3) is 0 Å². The summed E-state index contributed by atoms with van der Waals surface area (Å²) in [7, 11) is 0. The third-order valence-electron chi connectivity index (χ3n) is 2.68. The number of halogens is 1. The van der Waals surface area contributed by atoms with E-state index in [0.717, 1.165) is 10.0 Å². The smallest absolute Gasteiger partial charge is 0.219 e. The molecule has 0 amide bonds. The zero-order valence-electron chi connectivity index (χ0n) is 11.8. The number of nitrogens with zero attached hydrogens (tertiary/aromatic N) is 3. The normalized spacial score (nSPS) is 10.8. The van der Waals surface area contributed by atoms with Crippen molar-refractivity contribution in [2.24, 2.45) is 5.10 Å². The standard InChI is InChI=1S/C15H12BrN5OS/c16-11-4-5-14(18-8-11)22-12-3-1-2-10(6-12)7-19-21-15-20-13(17)9-23-15/h1-9H,17H2,(H,20,21). The largest absolute Gasteiger partial charge is 0.439 e. The van der Waals surface area contributed by atoms with E-state index in [1.165, 1.54) is 11.3 Å². The highest BCUT2D eigenvalue weighted by molar-refractivity contribution is 9.10. The molecular formula is C15H12BrN5OS. The van der Waals surface area contributed by atoms with Crippen LogP contribution in [0.2, 0.25) is 0 Å². The van der Waals surface area contributed by atoms with Gasteiger partial charge in [-0.05, 0) is 39.7 Å². The first kappa shape index (κ1) is 15.4. The third-order valence-corrected chi connectivity index (χ3v) is 3.91. The molecular weight excluding hydrogens is 378 g/mol. The summed E-state index contributed by atoms with van der Waals surface area (Å²) in [5.74, 6) is 1.69. The summed E-state index contributed by atoms with van der Waals surface area (Å²) in [6, 6.07) is 11.2. The van der Waals surface area contributed by atoms with Crippen LogP contribution < -0.4 is 15.9 Å². The van der Waals surface area contributed by atoms with Crippen LogP contribution in [-0.2, 0) is 0 Å². The topological polar surface area (TPSA) is 85.4 Å². The summed E-state index contributed by atoms with van der Waals surface area (Å²) in [5, 5.41) is 6.52. The Morgan fingerprint density at radius 3 is 2.96 bits per heavy atom. The lowest BCUT2D eigenvalue weighted by atomic mass is 10.2. The lowest BCUT2D eigenvalue weighted by molar-refractivity contribution is 0.462. The average Bonchev–Trinajstić information content (AvgIpc) is 2.96. The molecule has 0 fully saturated rings. The molecule has 0 saturated heterocycles. The molecule has 0 aliphatic rings. The molecule has 0 aliphatic carbocycles. The number of hydrogen-bond acceptors (Lipinski definition) is 7. The molecule has 0 atom stereocenters. The van der Waals surface area contributed by atoms with E-state index in [4.69, 9.17) is 10.5 Å². The fourth-order valence-corrected chi connectivity index (χ4v) is 2.48. The van der Waals surface area contributed by atoms with E-state index < -0.39 is 0 Å². The Kier molecular flexibility index (Phi) is 4.84. The van der Waals surface area contributed by atoms with Crippen LogP contribution in [0.4, 0.5) is 10.9 Å². The van der Waals surface area contributed by atoms with Crippen molar-refractivity contribution in [3.05, 3.63) is 58.0 Å². The quantitative estimate of drug-likeness (QED) is 0.506. The molecule has 3 N–H and O–H groups in total. The van der Waals surface area contributed by atoms with Crippen molar-refractivity contribution in [3.63, 3.8) is 0 Å². The van der Waals surface area contributed by atoms with Crippen molar-refractivity contribution in [2.75, 3.05) is 11.2 Å². The van der Waals surface area contributed by atoms with Crippen LogP contribution in [-0.4, -0.2) is 16.2 Å². The minimum atomic E-state index is 0.477. The van der Waals surface area contributed by atoms with Crippen LogP contribution in [0.1, 0.15) is 5.56 Å². The van der Waals surface area contributed by atoms with E-state index in [2.05, 4.69) is 36.4 Å². The van der Waals surface area contributed by atoms with Crippen LogP contribution in [0, 0.1) is 0 Å². The number of nitrogen functional groups attached to an aromatic ring is 1. The summed E-state index contributed by atoms with van der Waals surface area (Å²) < 4.78 is 6.60. The Labute approximate surface area is 145 Å². The molecule has 0 unspecified atom stereocenters. The van der Waals surface area contributed by atoms with Crippen molar-refractivity contribution >= 4 is 44.4 Å². The minimum Gasteiger partial charge on any atom is -0.439 e. The van der Waals surface area contributed by atoms with Gasteiger partial charge in [0.05, 0.1) is 6.21 Å². The molecule has 3 rings (SSSR count). The van der Waals surface area contributed by atoms with E-state index in [0.29, 0.717) is 22.6 Å². The van der Waals surface area contributed by atoms with Crippen molar-refractivity contribution < 1.29 is 4.74 Å². The van der Waals surface area contributed by atoms with Crippen LogP contribution in [0.3, 0.4) is 0 Å². The number of aromatic nitrogens is 2. The van der Waals surface area contributed by atoms with Crippen molar-refractivity contribution in [2.45, 2.75) is 0 Å². The van der Waals surface area contributed by atoms with Crippen molar-refractivity contribution in [1.29, 1.82) is 0 Å². The zero-order chi connectivity index (χ0) is 16.1. The summed E-state index contributed by atoms with van der Waals surface area (Å²) in [5.41, 5.74) is 9.26. The molecule has 0 aliphatic heterocycles. The highest BCUT2D eigenvalue weighted by Gasteiger charge is 2.00. The first-order valence-corrected chi connectivity index (χ1v) is 8.26. The first-order valence-electron chi connectivity index (χ1n) is 6.58. The first-order chi connectivity index (χ1) is 11.2. The Hall–Kier alpha value is -2.45. The molecule has 116 valence electrons. The molecule has 23 heavy (non-hydrogen) atoms. The van der Waals surface area contributed by atoms with Gasteiger partial charge in [-0.25, -0.2) is 9.97 Å². The number of rotatable bonds is 5. The number of nitrogens with one attached hydrogen (secondary N) is 1. The molecule has 2 heterocycles. The predicted octanol–water partition coefficient (Wildman–Crippen LogP) is 4.12. The molecule has 0 saturated carbocycles. The van der Waals surface area contributed by atoms with Crippen molar-refractivity contribution in [3.8, 4) is 11.6 Å². The SMILES string of the molecule is Nc1csc(NN=Cc2cccc(Oc3ccc(Br)cn3)c2)n1. The second-order valence-corrected chi connectivity index (χ2v) is 6.21. The second-order valence-electron chi connectivity index (χ2n) is 4.44. The van der Waals surface area contributed by atoms with Gasteiger partial charge >= 0.3 is 0 Å². The summed E-state index contributed by atoms with van der Waals surface area (Å²) in [6.45, 7) is 0. The molecule has 0 spiro atoms. The number of benzene rings is 1. The molecule has 8 heteroatoms. The van der Waals surface area contributed by atoms with Crippen LogP contribution in [0.5, 0.6) is 11.6 Å². The van der Waals surface area contributed by atoms with E-state index in [1.54, 1.807) is 23.9 Å². The van der Waals surface area contributed by atoms with Gasteiger partial charge in [-0.1, -0.05) is 12.1 Å². The molecule has 0 radical (unpaired) electrons. The summed E-state index contributed by atoms with van der Waals surface area (Å²) >= 11 is 4.73. The number of hydrazone groups is 1. The summed E-state index contributed by atoms with van der Waals surface area (Å²) in [6.07, 6.45) is 3.36. The van der Waals surface area contributed by atoms with E-state index in [-0.39, 0.29) is 0 Å². The molecule has 2 aromatic heterocycles. The van der Waals surface area contributed by atoms with Crippen LogP contribution >= 0.6 is 27.3 Å². The molecule has 3 aromatic rings. The number of hydrogen-bond donors (Lipinski definition) is 2. The maximum Gasteiger partial charge on any atom is 0.219 e. The van der Waals surface area contributed by atoms with Gasteiger partial charge < -0.3 is 10.5 Å². The fourth-order valence-electron chi connectivity index (χ4n) is 1.70. The van der Waals surface area contributed by atoms with Gasteiger partial charge in [-0.3, -0.25) is 5.43 Å². The highest BCUT2D eigenvalue weighted by atomic mass is 79.9. The van der Waals surface area contributed by atoms with Gasteiger partial charge in [0.1, 0.15) is 11.6 Å². The maximum atomic E-state index is 5.70. The van der Waals surface area contributed by atoms with Gasteiger partial charge in [0.15, 0.2) is 0 Å². The van der Waals surface area contributed by atoms with E-state index in [1.807, 2.05) is 30.3 Å². The number of ether oxygens (including phenoxy) is 1. The highest BCUT2D eigenvalue weighted by Crippen LogP contribution is 2.21. The Morgan fingerprint density at radius 2 is 2.22 bits per heavy atom. The fraction of sp³-hybridized carbons (Fsp3) is 0. The van der Waals surface area contributed by atoms with Gasteiger partial charge in [0, 0.05) is 22.1 Å². The minimum absolute atomic E-state index is 0.477. The predicted molar refractivity (Wildman–Crippen MR) is 96.2 cm³/mol. The number of thiazole rings is 1. The molecule has 0 bridgehead atoms. The number of pyridine rings is 1. The summed E-state index contributed by atoms with van der Waals surface area (Å²) in [4.78, 5) is 8.23. The van der Waals surface area contributed by atoms with Crippen molar-refractivity contribution in [1.82, 2.24) is 9.97 Å². The Morgan fingerprint density at radius 1 is 1.30 bits per heavy atom. The van der Waals surface area contributed by atoms with Crippen LogP contribution in [0.15, 0.2) is 57.5 Å². The van der Waals surface area contributed by atoms with Gasteiger partial charge in [-0.15, -0.1) is 11.3 Å². The monoisotopic (exact) mass is 389 g/mol. The van der Waals surface area contributed by atoms with E-state index >= 15 is 0 Å². The maximum absolute atomic E-state index is 5.70. The van der Waals surface area contributed by atoms with E-state index in [9.17, 15) is 0 Å². The lowest BCUT2D eigenvalue weighted by Crippen LogP contribution is -1.92. The van der Waals surface area contributed by atoms with Gasteiger partial charge in [-0.2, -0.15) is 5.10 Å². The number of anilines is 2. The molecule has 6 nitrogen and oxygen atoms in total. The molecule has 1 aromatic carbocycles. The lowest BCUT2D eigenvalue weighted by Gasteiger charge is -2.05. The Balaban J connectivity index is 1.65. The Bertz CT molecular complexity index is 819. The number of nitrogens with two attached hydrogens (primary N) is 1. The van der Waals surface area contributed by atoms with Gasteiger partial charge in [0.25, 0.3) is 0 Å². The second kappa shape index (κ2) is 7.21. The average molecular weight is 390 g/mol.